The zero-order chi connectivity index (χ0) is 9.84. The predicted molar refractivity (Wildman–Crippen MR) is 53.2 cm³/mol. The van der Waals surface area contributed by atoms with Crippen LogP contribution in [-0.2, 0) is 0 Å². The van der Waals surface area contributed by atoms with Crippen LogP contribution in [-0.4, -0.2) is 19.1 Å². The van der Waals surface area contributed by atoms with Gasteiger partial charge in [0.15, 0.2) is 0 Å². The molecule has 0 aromatic heterocycles. The van der Waals surface area contributed by atoms with Gasteiger partial charge in [0.25, 0.3) is 0 Å². The van der Waals surface area contributed by atoms with Gasteiger partial charge in [-0.3, -0.25) is 0 Å². The first kappa shape index (κ1) is 9.56. The molecule has 0 unspecified atom stereocenters. The van der Waals surface area contributed by atoms with E-state index < -0.39 is 0 Å². The summed E-state index contributed by atoms with van der Waals surface area (Å²) in [5, 5.41) is 10.6. The van der Waals surface area contributed by atoms with Crippen molar-refractivity contribution in [1.29, 1.82) is 5.26 Å². The molecule has 0 atom stereocenters. The SMILES string of the molecule is Cc1ccc(C#N)c(NN(C)C)c1. The largest absolute Gasteiger partial charge is 0.318 e. The molecule has 1 N–H and O–H groups in total. The third-order valence-corrected chi connectivity index (χ3v) is 1.64. The Morgan fingerprint density at radius 1 is 1.38 bits per heavy atom. The molecule has 3 heteroatoms. The average Bonchev–Trinajstić information content (AvgIpc) is 2.03. The van der Waals surface area contributed by atoms with Crippen LogP contribution >= 0.6 is 0 Å². The van der Waals surface area contributed by atoms with E-state index in [1.807, 2.05) is 44.2 Å². The first-order valence-corrected chi connectivity index (χ1v) is 4.08. The number of anilines is 1. The van der Waals surface area contributed by atoms with Crippen molar-refractivity contribution in [2.45, 2.75) is 6.92 Å². The number of rotatable bonds is 2. The quantitative estimate of drug-likeness (QED) is 0.696. The van der Waals surface area contributed by atoms with Gasteiger partial charge in [-0.25, -0.2) is 5.01 Å². The van der Waals surface area contributed by atoms with Crippen molar-refractivity contribution in [2.75, 3.05) is 19.5 Å². The van der Waals surface area contributed by atoms with E-state index in [1.54, 1.807) is 0 Å². The van der Waals surface area contributed by atoms with E-state index in [2.05, 4.69) is 11.5 Å². The third kappa shape index (κ3) is 2.46. The molecule has 0 radical (unpaired) electrons. The van der Waals surface area contributed by atoms with Crippen LogP contribution in [0.2, 0.25) is 0 Å². The van der Waals surface area contributed by atoms with Gasteiger partial charge in [-0.15, -0.1) is 0 Å². The van der Waals surface area contributed by atoms with Crippen molar-refractivity contribution in [1.82, 2.24) is 5.01 Å². The maximum absolute atomic E-state index is 8.81. The van der Waals surface area contributed by atoms with Gasteiger partial charge in [-0.2, -0.15) is 5.26 Å². The van der Waals surface area contributed by atoms with Crippen LogP contribution in [0.25, 0.3) is 0 Å². The van der Waals surface area contributed by atoms with Gasteiger partial charge in [0.2, 0.25) is 0 Å². The topological polar surface area (TPSA) is 39.1 Å². The van der Waals surface area contributed by atoms with Gasteiger partial charge in [0.1, 0.15) is 6.07 Å². The van der Waals surface area contributed by atoms with Gasteiger partial charge >= 0.3 is 0 Å². The standard InChI is InChI=1S/C10H13N3/c1-8-4-5-9(7-11)10(6-8)12-13(2)3/h4-6,12H,1-3H3. The number of nitriles is 1. The van der Waals surface area contributed by atoms with Crippen LogP contribution in [0.5, 0.6) is 0 Å². The van der Waals surface area contributed by atoms with Gasteiger partial charge in [0.05, 0.1) is 11.3 Å². The smallest absolute Gasteiger partial charge is 0.101 e. The number of aryl methyl sites for hydroxylation is 1. The van der Waals surface area contributed by atoms with E-state index in [0.29, 0.717) is 5.56 Å². The summed E-state index contributed by atoms with van der Waals surface area (Å²) in [6.45, 7) is 2.00. The molecule has 1 aromatic rings. The Labute approximate surface area is 78.6 Å². The summed E-state index contributed by atoms with van der Waals surface area (Å²) >= 11 is 0. The van der Waals surface area contributed by atoms with Gasteiger partial charge in [-0.05, 0) is 24.6 Å². The minimum Gasteiger partial charge on any atom is -0.318 e. The second-order valence-electron chi connectivity index (χ2n) is 3.17. The molecule has 1 aromatic carbocycles. The minimum atomic E-state index is 0.666. The molecule has 13 heavy (non-hydrogen) atoms. The zero-order valence-corrected chi connectivity index (χ0v) is 8.13. The van der Waals surface area contributed by atoms with Crippen molar-refractivity contribution < 1.29 is 0 Å². The molecule has 3 nitrogen and oxygen atoms in total. The fraction of sp³-hybridized carbons (Fsp3) is 0.300. The Bertz CT molecular complexity index is 337. The summed E-state index contributed by atoms with van der Waals surface area (Å²) in [5.41, 5.74) is 5.74. The number of hydrogen-bond donors (Lipinski definition) is 1. The molecule has 68 valence electrons. The highest BCUT2D eigenvalue weighted by Gasteiger charge is 2.01. The lowest BCUT2D eigenvalue weighted by Crippen LogP contribution is -2.20. The second kappa shape index (κ2) is 3.92. The van der Waals surface area contributed by atoms with Crippen LogP contribution in [0.15, 0.2) is 18.2 Å². The molecule has 0 aliphatic heterocycles. The molecule has 0 amide bonds. The van der Waals surface area contributed by atoms with E-state index in [9.17, 15) is 0 Å². The van der Waals surface area contributed by atoms with Crippen molar-refractivity contribution >= 4 is 5.69 Å². The molecular weight excluding hydrogens is 162 g/mol. The van der Waals surface area contributed by atoms with Crippen LogP contribution in [0.1, 0.15) is 11.1 Å². The number of hydrazine groups is 1. The van der Waals surface area contributed by atoms with E-state index in [4.69, 9.17) is 5.26 Å². The molecule has 0 spiro atoms. The predicted octanol–water partition coefficient (Wildman–Crippen LogP) is 1.76. The Balaban J connectivity index is 3.03. The lowest BCUT2D eigenvalue weighted by molar-refractivity contribution is 0.495. The first-order chi connectivity index (χ1) is 6.13. The molecular formula is C10H13N3. The maximum atomic E-state index is 8.81. The number of nitrogens with one attached hydrogen (secondary N) is 1. The van der Waals surface area contributed by atoms with E-state index in [1.165, 1.54) is 0 Å². The normalized spacial score (nSPS) is 9.77. The summed E-state index contributed by atoms with van der Waals surface area (Å²) in [5.74, 6) is 0. The first-order valence-electron chi connectivity index (χ1n) is 4.08. The number of nitrogens with zero attached hydrogens (tertiary/aromatic N) is 2. The number of benzene rings is 1. The van der Waals surface area contributed by atoms with Crippen molar-refractivity contribution in [3.05, 3.63) is 29.3 Å². The molecule has 0 bridgehead atoms. The Morgan fingerprint density at radius 2 is 2.08 bits per heavy atom. The third-order valence-electron chi connectivity index (χ3n) is 1.64. The monoisotopic (exact) mass is 175 g/mol. The molecule has 0 aliphatic rings. The zero-order valence-electron chi connectivity index (χ0n) is 8.13. The van der Waals surface area contributed by atoms with Crippen LogP contribution < -0.4 is 5.43 Å². The number of hydrogen-bond acceptors (Lipinski definition) is 3. The average molecular weight is 175 g/mol. The second-order valence-corrected chi connectivity index (χ2v) is 3.17. The molecule has 1 rings (SSSR count). The molecule has 0 saturated heterocycles. The summed E-state index contributed by atoms with van der Waals surface area (Å²) in [6.07, 6.45) is 0. The maximum Gasteiger partial charge on any atom is 0.101 e. The van der Waals surface area contributed by atoms with Crippen LogP contribution in [0.3, 0.4) is 0 Å². The van der Waals surface area contributed by atoms with Gasteiger partial charge in [-0.1, -0.05) is 6.07 Å². The van der Waals surface area contributed by atoms with Crippen molar-refractivity contribution in [3.8, 4) is 6.07 Å². The Kier molecular flexibility index (Phi) is 2.88. The highest BCUT2D eigenvalue weighted by Crippen LogP contribution is 2.16. The Morgan fingerprint density at radius 3 is 2.62 bits per heavy atom. The fourth-order valence-electron chi connectivity index (χ4n) is 1.09. The summed E-state index contributed by atoms with van der Waals surface area (Å²) in [4.78, 5) is 0. The van der Waals surface area contributed by atoms with Gasteiger partial charge < -0.3 is 5.43 Å². The minimum absolute atomic E-state index is 0.666. The summed E-state index contributed by atoms with van der Waals surface area (Å²) in [7, 11) is 3.78. The van der Waals surface area contributed by atoms with E-state index >= 15 is 0 Å². The molecule has 0 saturated carbocycles. The van der Waals surface area contributed by atoms with E-state index in [-0.39, 0.29) is 0 Å². The van der Waals surface area contributed by atoms with Crippen molar-refractivity contribution in [2.24, 2.45) is 0 Å². The van der Waals surface area contributed by atoms with Gasteiger partial charge in [0, 0.05) is 14.1 Å². The summed E-state index contributed by atoms with van der Waals surface area (Å²) < 4.78 is 0. The molecule has 0 aliphatic carbocycles. The van der Waals surface area contributed by atoms with Crippen LogP contribution in [0.4, 0.5) is 5.69 Å². The van der Waals surface area contributed by atoms with Crippen LogP contribution in [0, 0.1) is 18.3 Å². The fourth-order valence-corrected chi connectivity index (χ4v) is 1.09. The van der Waals surface area contributed by atoms with Crippen molar-refractivity contribution in [3.63, 3.8) is 0 Å². The highest BCUT2D eigenvalue weighted by molar-refractivity contribution is 5.58. The molecule has 0 fully saturated rings. The molecule has 0 heterocycles. The lowest BCUT2D eigenvalue weighted by Gasteiger charge is -2.14. The Hall–Kier alpha value is -1.53. The summed E-state index contributed by atoms with van der Waals surface area (Å²) in [6, 6.07) is 7.85. The highest BCUT2D eigenvalue weighted by atomic mass is 15.5. The lowest BCUT2D eigenvalue weighted by atomic mass is 10.1. The van der Waals surface area contributed by atoms with E-state index in [0.717, 1.165) is 11.3 Å².